The molecule has 138 valence electrons. The lowest BCUT2D eigenvalue weighted by Gasteiger charge is -2.14. The number of hydrogen-bond acceptors (Lipinski definition) is 5. The molecular weight excluding hydrogens is 338 g/mol. The summed E-state index contributed by atoms with van der Waals surface area (Å²) >= 11 is 0. The van der Waals surface area contributed by atoms with Crippen LogP contribution in [0.4, 0.5) is 5.69 Å². The molecule has 0 aliphatic carbocycles. The van der Waals surface area contributed by atoms with E-state index in [9.17, 15) is 14.7 Å². The van der Waals surface area contributed by atoms with E-state index < -0.39 is 11.9 Å². The highest BCUT2D eigenvalue weighted by atomic mass is 16.5. The number of hydrogen-bond donors (Lipinski definition) is 2. The fraction of sp³-hybridized carbons (Fsp3) is 0.263. The molecule has 0 aromatic heterocycles. The molecule has 0 aliphatic heterocycles. The lowest BCUT2D eigenvalue weighted by molar-refractivity contribution is 0.0696. The van der Waals surface area contributed by atoms with Gasteiger partial charge in [-0.25, -0.2) is 4.79 Å². The lowest BCUT2D eigenvalue weighted by atomic mass is 10.1. The summed E-state index contributed by atoms with van der Waals surface area (Å²) in [5, 5.41) is 11.9. The minimum absolute atomic E-state index is 0.0485. The number of carboxylic acids is 1. The van der Waals surface area contributed by atoms with Crippen molar-refractivity contribution in [1.29, 1.82) is 0 Å². The normalized spacial score (nSPS) is 10.1. The molecule has 2 rings (SSSR count). The fourth-order valence-electron chi connectivity index (χ4n) is 2.23. The first-order chi connectivity index (χ1) is 12.5. The standard InChI is InChI=1S/C19H21NO6/c1-4-7-26-17-6-5-12(19(22)23)10-16(17)20-18(21)13-8-14(24-2)11-15(9-13)25-3/h5-6,8-11H,4,7H2,1-3H3,(H,20,21)(H,22,23). The fourth-order valence-corrected chi connectivity index (χ4v) is 2.23. The summed E-state index contributed by atoms with van der Waals surface area (Å²) in [7, 11) is 2.98. The molecule has 0 fully saturated rings. The highest BCUT2D eigenvalue weighted by molar-refractivity contribution is 6.06. The van der Waals surface area contributed by atoms with Gasteiger partial charge in [-0.3, -0.25) is 4.79 Å². The van der Waals surface area contributed by atoms with Crippen molar-refractivity contribution < 1.29 is 28.9 Å². The zero-order valence-corrected chi connectivity index (χ0v) is 14.9. The minimum atomic E-state index is -1.09. The van der Waals surface area contributed by atoms with Gasteiger partial charge in [0.15, 0.2) is 0 Å². The van der Waals surface area contributed by atoms with Gasteiger partial charge in [0.2, 0.25) is 0 Å². The van der Waals surface area contributed by atoms with E-state index in [0.29, 0.717) is 29.4 Å². The molecule has 0 atom stereocenters. The van der Waals surface area contributed by atoms with Crippen molar-refractivity contribution in [1.82, 2.24) is 0 Å². The summed E-state index contributed by atoms with van der Waals surface area (Å²) in [4.78, 5) is 23.8. The Morgan fingerprint density at radius 2 is 1.65 bits per heavy atom. The van der Waals surface area contributed by atoms with Crippen LogP contribution in [0.25, 0.3) is 0 Å². The number of carboxylic acid groups (broad SMARTS) is 1. The number of nitrogens with one attached hydrogen (secondary N) is 1. The van der Waals surface area contributed by atoms with Gasteiger partial charge in [-0.15, -0.1) is 0 Å². The van der Waals surface area contributed by atoms with E-state index in [-0.39, 0.29) is 11.3 Å². The molecule has 0 spiro atoms. The van der Waals surface area contributed by atoms with Crippen LogP contribution in [-0.2, 0) is 0 Å². The first-order valence-electron chi connectivity index (χ1n) is 8.03. The van der Waals surface area contributed by atoms with Crippen LogP contribution in [0.15, 0.2) is 36.4 Å². The van der Waals surface area contributed by atoms with Crippen molar-refractivity contribution in [3.8, 4) is 17.2 Å². The second-order valence-corrected chi connectivity index (χ2v) is 5.42. The van der Waals surface area contributed by atoms with Crippen LogP contribution < -0.4 is 19.5 Å². The van der Waals surface area contributed by atoms with Gasteiger partial charge in [0.1, 0.15) is 17.2 Å². The molecule has 2 aromatic rings. The van der Waals surface area contributed by atoms with E-state index in [1.807, 2.05) is 6.92 Å². The molecule has 0 radical (unpaired) electrons. The summed E-state index contributed by atoms with van der Waals surface area (Å²) < 4.78 is 15.9. The number of carbonyl (C=O) groups excluding carboxylic acids is 1. The van der Waals surface area contributed by atoms with E-state index >= 15 is 0 Å². The molecule has 7 heteroatoms. The Kier molecular flexibility index (Phi) is 6.43. The molecule has 7 nitrogen and oxygen atoms in total. The molecule has 0 saturated carbocycles. The molecule has 2 N–H and O–H groups in total. The molecule has 2 aromatic carbocycles. The van der Waals surface area contributed by atoms with Gasteiger partial charge in [-0.2, -0.15) is 0 Å². The second kappa shape index (κ2) is 8.75. The van der Waals surface area contributed by atoms with Crippen LogP contribution in [0, 0.1) is 0 Å². The molecule has 0 heterocycles. The van der Waals surface area contributed by atoms with Gasteiger partial charge in [0.25, 0.3) is 5.91 Å². The van der Waals surface area contributed by atoms with Crippen LogP contribution in [0.3, 0.4) is 0 Å². The number of benzene rings is 2. The topological polar surface area (TPSA) is 94.1 Å². The maximum absolute atomic E-state index is 12.6. The molecular formula is C19H21NO6. The van der Waals surface area contributed by atoms with Crippen molar-refractivity contribution in [2.24, 2.45) is 0 Å². The molecule has 26 heavy (non-hydrogen) atoms. The third-order valence-corrected chi connectivity index (χ3v) is 3.55. The Labute approximate surface area is 151 Å². The number of anilines is 1. The smallest absolute Gasteiger partial charge is 0.335 e. The monoisotopic (exact) mass is 359 g/mol. The average molecular weight is 359 g/mol. The lowest BCUT2D eigenvalue weighted by Crippen LogP contribution is -2.14. The van der Waals surface area contributed by atoms with Crippen LogP contribution >= 0.6 is 0 Å². The Bertz CT molecular complexity index is 780. The minimum Gasteiger partial charge on any atom is -0.497 e. The molecule has 0 aliphatic rings. The number of ether oxygens (including phenoxy) is 3. The first-order valence-corrected chi connectivity index (χ1v) is 8.03. The maximum atomic E-state index is 12.6. The number of carbonyl (C=O) groups is 2. The molecule has 0 bridgehead atoms. The third-order valence-electron chi connectivity index (χ3n) is 3.55. The van der Waals surface area contributed by atoms with Crippen LogP contribution in [0.5, 0.6) is 17.2 Å². The Hall–Kier alpha value is -3.22. The number of methoxy groups -OCH3 is 2. The molecule has 1 amide bonds. The van der Waals surface area contributed by atoms with E-state index in [1.165, 1.54) is 32.4 Å². The predicted molar refractivity (Wildman–Crippen MR) is 96.7 cm³/mol. The van der Waals surface area contributed by atoms with E-state index in [0.717, 1.165) is 6.42 Å². The highest BCUT2D eigenvalue weighted by Gasteiger charge is 2.15. The largest absolute Gasteiger partial charge is 0.497 e. The maximum Gasteiger partial charge on any atom is 0.335 e. The first kappa shape index (κ1) is 19.1. The van der Waals surface area contributed by atoms with E-state index in [2.05, 4.69) is 5.32 Å². The van der Waals surface area contributed by atoms with Gasteiger partial charge >= 0.3 is 5.97 Å². The summed E-state index contributed by atoms with van der Waals surface area (Å²) in [5.74, 6) is -0.191. The average Bonchev–Trinajstić information content (AvgIpc) is 2.66. The van der Waals surface area contributed by atoms with Gasteiger partial charge in [0, 0.05) is 11.6 Å². The van der Waals surface area contributed by atoms with Gasteiger partial charge in [-0.05, 0) is 36.8 Å². The zero-order valence-electron chi connectivity index (χ0n) is 14.9. The summed E-state index contributed by atoms with van der Waals surface area (Å²) in [5.41, 5.74) is 0.640. The highest BCUT2D eigenvalue weighted by Crippen LogP contribution is 2.28. The Morgan fingerprint density at radius 1 is 1.00 bits per heavy atom. The second-order valence-electron chi connectivity index (χ2n) is 5.42. The molecule has 0 unspecified atom stereocenters. The van der Waals surface area contributed by atoms with Crippen molar-refractivity contribution in [3.05, 3.63) is 47.5 Å². The molecule has 0 saturated heterocycles. The van der Waals surface area contributed by atoms with E-state index in [4.69, 9.17) is 14.2 Å². The van der Waals surface area contributed by atoms with Gasteiger partial charge in [0.05, 0.1) is 32.1 Å². The summed E-state index contributed by atoms with van der Waals surface area (Å²) in [6.07, 6.45) is 0.779. The summed E-state index contributed by atoms with van der Waals surface area (Å²) in [6.45, 7) is 2.40. The Balaban J connectivity index is 2.34. The van der Waals surface area contributed by atoms with E-state index in [1.54, 1.807) is 18.2 Å². The van der Waals surface area contributed by atoms with Crippen molar-refractivity contribution in [2.45, 2.75) is 13.3 Å². The summed E-state index contributed by atoms with van der Waals surface area (Å²) in [6, 6.07) is 9.09. The Morgan fingerprint density at radius 3 is 2.19 bits per heavy atom. The van der Waals surface area contributed by atoms with Crippen LogP contribution in [0.2, 0.25) is 0 Å². The van der Waals surface area contributed by atoms with Crippen molar-refractivity contribution >= 4 is 17.6 Å². The zero-order chi connectivity index (χ0) is 19.1. The number of rotatable bonds is 8. The van der Waals surface area contributed by atoms with Gasteiger partial charge < -0.3 is 24.6 Å². The predicted octanol–water partition coefficient (Wildman–Crippen LogP) is 3.44. The number of amides is 1. The van der Waals surface area contributed by atoms with Crippen molar-refractivity contribution in [3.63, 3.8) is 0 Å². The van der Waals surface area contributed by atoms with Crippen LogP contribution in [-0.4, -0.2) is 37.8 Å². The quantitative estimate of drug-likeness (QED) is 0.750. The third kappa shape index (κ3) is 4.66. The van der Waals surface area contributed by atoms with Gasteiger partial charge in [-0.1, -0.05) is 6.92 Å². The number of aromatic carboxylic acids is 1. The SMILES string of the molecule is CCCOc1ccc(C(=O)O)cc1NC(=O)c1cc(OC)cc(OC)c1. The van der Waals surface area contributed by atoms with Crippen LogP contribution in [0.1, 0.15) is 34.1 Å². The van der Waals surface area contributed by atoms with Crippen molar-refractivity contribution in [2.75, 3.05) is 26.1 Å².